The van der Waals surface area contributed by atoms with Crippen LogP contribution in [0.25, 0.3) is 0 Å². The van der Waals surface area contributed by atoms with Crippen molar-refractivity contribution in [2.45, 2.75) is 13.0 Å². The molecular formula is C14H21N3O2. The van der Waals surface area contributed by atoms with Crippen molar-refractivity contribution in [1.29, 1.82) is 0 Å². The Morgan fingerprint density at radius 2 is 2.21 bits per heavy atom. The van der Waals surface area contributed by atoms with Gasteiger partial charge in [-0.2, -0.15) is 0 Å². The molecule has 104 valence electrons. The zero-order valence-electron chi connectivity index (χ0n) is 11.6. The topological polar surface area (TPSA) is 58.8 Å². The lowest BCUT2D eigenvalue weighted by molar-refractivity contribution is -0.121. The van der Waals surface area contributed by atoms with Crippen LogP contribution in [-0.4, -0.2) is 44.6 Å². The highest BCUT2D eigenvalue weighted by Crippen LogP contribution is 2.32. The van der Waals surface area contributed by atoms with Gasteiger partial charge >= 0.3 is 0 Å². The van der Waals surface area contributed by atoms with Crippen LogP contribution in [-0.2, 0) is 11.3 Å². The molecule has 2 N–H and O–H groups in total. The second-order valence-electron chi connectivity index (χ2n) is 5.00. The Hall–Kier alpha value is -1.59. The third-order valence-corrected chi connectivity index (χ3v) is 3.19. The summed E-state index contributed by atoms with van der Waals surface area (Å²) >= 11 is 0. The molecule has 1 aromatic carbocycles. The molecule has 1 heterocycles. The largest absolute Gasteiger partial charge is 0.482 e. The summed E-state index contributed by atoms with van der Waals surface area (Å²) in [6, 6.07) is 5.78. The number of anilines is 1. The lowest BCUT2D eigenvalue weighted by Gasteiger charge is -2.30. The molecule has 1 aliphatic rings. The van der Waals surface area contributed by atoms with Crippen LogP contribution in [0.1, 0.15) is 12.0 Å². The maximum absolute atomic E-state index is 11.9. The molecule has 1 aromatic rings. The molecule has 0 bridgehead atoms. The van der Waals surface area contributed by atoms with E-state index >= 15 is 0 Å². The van der Waals surface area contributed by atoms with E-state index in [2.05, 4.69) is 4.90 Å². The molecule has 0 saturated heterocycles. The third kappa shape index (κ3) is 3.24. The Labute approximate surface area is 113 Å². The number of nitrogens with two attached hydrogens (primary N) is 1. The van der Waals surface area contributed by atoms with Crippen LogP contribution < -0.4 is 15.4 Å². The van der Waals surface area contributed by atoms with Crippen molar-refractivity contribution < 1.29 is 9.53 Å². The van der Waals surface area contributed by atoms with Crippen LogP contribution in [0.2, 0.25) is 0 Å². The molecule has 0 fully saturated rings. The van der Waals surface area contributed by atoms with Gasteiger partial charge in [0.15, 0.2) is 6.61 Å². The van der Waals surface area contributed by atoms with Gasteiger partial charge in [0, 0.05) is 13.1 Å². The highest BCUT2D eigenvalue weighted by Gasteiger charge is 2.25. The van der Waals surface area contributed by atoms with Gasteiger partial charge in [0.25, 0.3) is 5.91 Å². The smallest absolute Gasteiger partial charge is 0.265 e. The van der Waals surface area contributed by atoms with Gasteiger partial charge in [-0.05, 0) is 44.8 Å². The van der Waals surface area contributed by atoms with Crippen molar-refractivity contribution in [2.24, 2.45) is 5.73 Å². The Bertz CT molecular complexity index is 460. The fraction of sp³-hybridized carbons (Fsp3) is 0.500. The summed E-state index contributed by atoms with van der Waals surface area (Å²) < 4.78 is 5.48. The van der Waals surface area contributed by atoms with Gasteiger partial charge in [-0.25, -0.2) is 0 Å². The number of hydrogen-bond donors (Lipinski definition) is 1. The van der Waals surface area contributed by atoms with E-state index < -0.39 is 0 Å². The number of rotatable bonds is 5. The van der Waals surface area contributed by atoms with Crippen molar-refractivity contribution in [3.8, 4) is 5.75 Å². The zero-order valence-corrected chi connectivity index (χ0v) is 11.6. The van der Waals surface area contributed by atoms with E-state index in [1.165, 1.54) is 0 Å². The Kier molecular flexibility index (Phi) is 4.39. The number of fused-ring (bicyclic) bond motifs is 1. The molecule has 19 heavy (non-hydrogen) atoms. The van der Waals surface area contributed by atoms with Crippen LogP contribution in [0.4, 0.5) is 5.69 Å². The number of amides is 1. The van der Waals surface area contributed by atoms with E-state index in [0.29, 0.717) is 6.54 Å². The molecule has 0 aliphatic carbocycles. The van der Waals surface area contributed by atoms with Crippen LogP contribution in [0.5, 0.6) is 5.75 Å². The van der Waals surface area contributed by atoms with E-state index in [0.717, 1.165) is 36.5 Å². The number of ether oxygens (including phenoxy) is 1. The van der Waals surface area contributed by atoms with Gasteiger partial charge in [-0.1, -0.05) is 6.07 Å². The van der Waals surface area contributed by atoms with E-state index in [9.17, 15) is 4.79 Å². The molecule has 0 unspecified atom stereocenters. The van der Waals surface area contributed by atoms with Crippen LogP contribution in [0.15, 0.2) is 18.2 Å². The maximum atomic E-state index is 11.9. The van der Waals surface area contributed by atoms with Crippen LogP contribution in [0.3, 0.4) is 0 Å². The second-order valence-corrected chi connectivity index (χ2v) is 5.00. The van der Waals surface area contributed by atoms with Crippen LogP contribution >= 0.6 is 0 Å². The lowest BCUT2D eigenvalue weighted by Crippen LogP contribution is -2.40. The third-order valence-electron chi connectivity index (χ3n) is 3.19. The number of hydrogen-bond acceptors (Lipinski definition) is 4. The van der Waals surface area contributed by atoms with Crippen molar-refractivity contribution in [2.75, 3.05) is 38.7 Å². The molecule has 1 amide bonds. The van der Waals surface area contributed by atoms with E-state index in [4.69, 9.17) is 10.5 Å². The van der Waals surface area contributed by atoms with Crippen molar-refractivity contribution >= 4 is 11.6 Å². The molecule has 0 radical (unpaired) electrons. The predicted molar refractivity (Wildman–Crippen MR) is 75.4 cm³/mol. The molecular weight excluding hydrogens is 242 g/mol. The lowest BCUT2D eigenvalue weighted by atomic mass is 10.1. The molecule has 0 atom stereocenters. The Balaban J connectivity index is 2.13. The van der Waals surface area contributed by atoms with Gasteiger partial charge in [-0.15, -0.1) is 0 Å². The summed E-state index contributed by atoms with van der Waals surface area (Å²) in [4.78, 5) is 15.9. The minimum Gasteiger partial charge on any atom is -0.482 e. The van der Waals surface area contributed by atoms with Gasteiger partial charge in [0.05, 0.1) is 5.69 Å². The number of carbonyl (C=O) groups excluding carboxylic acids is 1. The standard InChI is InChI=1S/C14H21N3O2/c1-16(2)6-3-7-17-12-5-4-11(9-15)8-13(12)19-10-14(17)18/h4-5,8H,3,6-7,9-10,15H2,1-2H3. The minimum atomic E-state index is 0.0201. The average molecular weight is 263 g/mol. The second kappa shape index (κ2) is 6.04. The summed E-state index contributed by atoms with van der Waals surface area (Å²) in [7, 11) is 4.06. The number of carbonyl (C=O) groups is 1. The molecule has 0 aromatic heterocycles. The predicted octanol–water partition coefficient (Wildman–Crippen LogP) is 0.822. The van der Waals surface area contributed by atoms with E-state index in [1.54, 1.807) is 0 Å². The van der Waals surface area contributed by atoms with Gasteiger partial charge in [0.1, 0.15) is 5.75 Å². The molecule has 5 heteroatoms. The summed E-state index contributed by atoms with van der Waals surface area (Å²) in [5.41, 5.74) is 7.49. The van der Waals surface area contributed by atoms with Crippen molar-refractivity contribution in [1.82, 2.24) is 4.90 Å². The fourth-order valence-corrected chi connectivity index (χ4v) is 2.17. The zero-order chi connectivity index (χ0) is 13.8. The molecule has 2 rings (SSSR count). The molecule has 5 nitrogen and oxygen atoms in total. The van der Waals surface area contributed by atoms with E-state index in [1.807, 2.05) is 37.2 Å². The number of nitrogens with zero attached hydrogens (tertiary/aromatic N) is 2. The first-order valence-electron chi connectivity index (χ1n) is 6.52. The normalized spacial score (nSPS) is 14.5. The monoisotopic (exact) mass is 263 g/mol. The highest BCUT2D eigenvalue weighted by molar-refractivity contribution is 5.97. The Morgan fingerprint density at radius 3 is 2.89 bits per heavy atom. The van der Waals surface area contributed by atoms with E-state index in [-0.39, 0.29) is 12.5 Å². The van der Waals surface area contributed by atoms with Crippen molar-refractivity contribution in [3.05, 3.63) is 23.8 Å². The first kappa shape index (κ1) is 13.8. The van der Waals surface area contributed by atoms with Gasteiger partial charge < -0.3 is 20.3 Å². The summed E-state index contributed by atoms with van der Waals surface area (Å²) in [5, 5.41) is 0. The maximum Gasteiger partial charge on any atom is 0.265 e. The molecule has 0 spiro atoms. The summed E-state index contributed by atoms with van der Waals surface area (Å²) in [5.74, 6) is 0.777. The number of benzene rings is 1. The van der Waals surface area contributed by atoms with Crippen molar-refractivity contribution in [3.63, 3.8) is 0 Å². The first-order chi connectivity index (χ1) is 9.11. The van der Waals surface area contributed by atoms with Gasteiger partial charge in [0.2, 0.25) is 0 Å². The SMILES string of the molecule is CN(C)CCCN1C(=O)COc2cc(CN)ccc21. The summed E-state index contributed by atoms with van der Waals surface area (Å²) in [6.07, 6.45) is 0.941. The fourth-order valence-electron chi connectivity index (χ4n) is 2.17. The quantitative estimate of drug-likeness (QED) is 0.854. The summed E-state index contributed by atoms with van der Waals surface area (Å²) in [6.45, 7) is 2.27. The van der Waals surface area contributed by atoms with Gasteiger partial charge in [-0.3, -0.25) is 4.79 Å². The van der Waals surface area contributed by atoms with Crippen LogP contribution in [0, 0.1) is 0 Å². The first-order valence-corrected chi connectivity index (χ1v) is 6.52. The molecule has 1 aliphatic heterocycles. The Morgan fingerprint density at radius 1 is 1.42 bits per heavy atom. The average Bonchev–Trinajstić information content (AvgIpc) is 2.40. The highest BCUT2D eigenvalue weighted by atomic mass is 16.5. The minimum absolute atomic E-state index is 0.0201. The molecule has 0 saturated carbocycles.